The number of hydrogen-bond acceptors (Lipinski definition) is 1. The number of anilines is 3. The lowest BCUT2D eigenvalue weighted by Crippen LogP contribution is -2.16. The molecule has 9 aromatic rings. The third-order valence-electron chi connectivity index (χ3n) is 11.0. The van der Waals surface area contributed by atoms with Crippen LogP contribution in [0, 0.1) is 0 Å². The molecule has 0 N–H and O–H groups in total. The quantitative estimate of drug-likeness (QED) is 0.174. The average Bonchev–Trinajstić information content (AvgIpc) is 3.41. The Bertz CT molecular complexity index is 2800. The Labute approximate surface area is 292 Å². The van der Waals surface area contributed by atoms with Gasteiger partial charge in [0.25, 0.3) is 0 Å². The summed E-state index contributed by atoms with van der Waals surface area (Å²) in [4.78, 5) is 2.49. The fraction of sp³-hybridized carbons (Fsp3) is 0.0612. The summed E-state index contributed by atoms with van der Waals surface area (Å²) in [5.41, 5.74) is 11.2. The molecule has 0 atom stereocenters. The minimum absolute atomic E-state index is 0.0960. The Morgan fingerprint density at radius 2 is 1.00 bits per heavy atom. The first-order valence-electron chi connectivity index (χ1n) is 17.5. The highest BCUT2D eigenvalue weighted by Gasteiger charge is 2.37. The van der Waals surface area contributed by atoms with Crippen molar-refractivity contribution in [1.82, 2.24) is 0 Å². The summed E-state index contributed by atoms with van der Waals surface area (Å²) in [7, 11) is 0. The summed E-state index contributed by atoms with van der Waals surface area (Å²) in [5.74, 6) is 0. The van der Waals surface area contributed by atoms with Crippen LogP contribution in [0.4, 0.5) is 17.1 Å². The fourth-order valence-electron chi connectivity index (χ4n) is 8.49. The Morgan fingerprint density at radius 1 is 0.380 bits per heavy atom. The smallest absolute Gasteiger partial charge is 0.0543 e. The summed E-state index contributed by atoms with van der Waals surface area (Å²) in [6, 6.07) is 65.1. The summed E-state index contributed by atoms with van der Waals surface area (Å²) < 4.78 is 0. The molecule has 9 aromatic carbocycles. The molecule has 0 saturated heterocycles. The third kappa shape index (κ3) is 4.33. The number of benzene rings is 9. The van der Waals surface area contributed by atoms with Crippen LogP contribution in [-0.4, -0.2) is 0 Å². The van der Waals surface area contributed by atoms with Crippen LogP contribution in [0.2, 0.25) is 0 Å². The highest BCUT2D eigenvalue weighted by Crippen LogP contribution is 2.54. The van der Waals surface area contributed by atoms with Crippen molar-refractivity contribution in [1.29, 1.82) is 0 Å². The van der Waals surface area contributed by atoms with Gasteiger partial charge in [-0.3, -0.25) is 0 Å². The maximum absolute atomic E-state index is 2.49. The van der Waals surface area contributed by atoms with Crippen LogP contribution in [0.15, 0.2) is 176 Å². The molecule has 0 amide bonds. The van der Waals surface area contributed by atoms with Crippen LogP contribution in [0.3, 0.4) is 0 Å². The van der Waals surface area contributed by atoms with E-state index in [-0.39, 0.29) is 5.41 Å². The molecule has 0 saturated carbocycles. The van der Waals surface area contributed by atoms with Gasteiger partial charge in [-0.05, 0) is 107 Å². The Hall–Kier alpha value is -6.18. The Kier molecular flexibility index (Phi) is 6.29. The first-order valence-corrected chi connectivity index (χ1v) is 17.5. The summed E-state index contributed by atoms with van der Waals surface area (Å²) >= 11 is 0. The molecule has 0 aromatic heterocycles. The van der Waals surface area contributed by atoms with Gasteiger partial charge >= 0.3 is 0 Å². The van der Waals surface area contributed by atoms with Gasteiger partial charge in [0, 0.05) is 22.4 Å². The molecule has 0 spiro atoms. The molecule has 1 heteroatoms. The molecule has 0 unspecified atom stereocenters. The second-order valence-electron chi connectivity index (χ2n) is 14.2. The molecule has 10 rings (SSSR count). The predicted molar refractivity (Wildman–Crippen MR) is 214 cm³/mol. The molecule has 0 heterocycles. The minimum Gasteiger partial charge on any atom is -0.310 e. The number of nitrogens with zero attached hydrogens (tertiary/aromatic N) is 1. The standard InChI is InChI=1S/C49H35N/c1-49(2)45-18-8-7-17-43(45)48-46(49)19-10-20-47(48)50(38-15-9-14-36(30-38)37-22-21-32-11-3-4-13-35(32)29-37)39-26-23-34-25-27-41-40-16-6-5-12-33(40)24-28-42(41)44(34)31-39/h3-31H,1-2H3. The molecule has 1 nitrogen and oxygen atoms in total. The van der Waals surface area contributed by atoms with Gasteiger partial charge in [0.05, 0.1) is 5.69 Å². The zero-order valence-electron chi connectivity index (χ0n) is 28.2. The van der Waals surface area contributed by atoms with E-state index < -0.39 is 0 Å². The summed E-state index contributed by atoms with van der Waals surface area (Å²) in [5, 5.41) is 10.1. The maximum Gasteiger partial charge on any atom is 0.0543 e. The van der Waals surface area contributed by atoms with E-state index in [0.29, 0.717) is 0 Å². The van der Waals surface area contributed by atoms with Crippen molar-refractivity contribution in [3.63, 3.8) is 0 Å². The van der Waals surface area contributed by atoms with Gasteiger partial charge in [-0.15, -0.1) is 0 Å². The molecule has 236 valence electrons. The van der Waals surface area contributed by atoms with Gasteiger partial charge in [-0.1, -0.05) is 153 Å². The predicted octanol–water partition coefficient (Wildman–Crippen LogP) is 13.7. The van der Waals surface area contributed by atoms with Gasteiger partial charge < -0.3 is 4.90 Å². The second kappa shape index (κ2) is 10.9. The molecular weight excluding hydrogens is 603 g/mol. The molecule has 1 aliphatic carbocycles. The van der Waals surface area contributed by atoms with E-state index in [1.54, 1.807) is 0 Å². The highest BCUT2D eigenvalue weighted by atomic mass is 15.1. The van der Waals surface area contributed by atoms with Crippen LogP contribution >= 0.6 is 0 Å². The van der Waals surface area contributed by atoms with E-state index in [1.165, 1.54) is 82.2 Å². The molecular formula is C49H35N. The summed E-state index contributed by atoms with van der Waals surface area (Å²) in [6.07, 6.45) is 0. The van der Waals surface area contributed by atoms with Crippen molar-refractivity contribution in [2.75, 3.05) is 4.90 Å². The van der Waals surface area contributed by atoms with E-state index in [1.807, 2.05) is 0 Å². The molecule has 0 bridgehead atoms. The normalized spacial score (nSPS) is 13.2. The second-order valence-corrected chi connectivity index (χ2v) is 14.2. The minimum atomic E-state index is -0.0960. The first-order chi connectivity index (χ1) is 24.5. The van der Waals surface area contributed by atoms with Crippen LogP contribution in [-0.2, 0) is 5.41 Å². The number of fused-ring (bicyclic) bond motifs is 9. The van der Waals surface area contributed by atoms with E-state index in [9.17, 15) is 0 Å². The van der Waals surface area contributed by atoms with Crippen molar-refractivity contribution >= 4 is 60.2 Å². The van der Waals surface area contributed by atoms with Crippen molar-refractivity contribution in [3.8, 4) is 22.3 Å². The highest BCUT2D eigenvalue weighted by molar-refractivity contribution is 6.18. The summed E-state index contributed by atoms with van der Waals surface area (Å²) in [6.45, 7) is 4.72. The fourth-order valence-corrected chi connectivity index (χ4v) is 8.49. The van der Waals surface area contributed by atoms with E-state index in [2.05, 4.69) is 195 Å². The first kappa shape index (κ1) is 28.8. The van der Waals surface area contributed by atoms with Crippen LogP contribution < -0.4 is 4.90 Å². The zero-order chi connectivity index (χ0) is 33.4. The monoisotopic (exact) mass is 637 g/mol. The molecule has 0 aliphatic heterocycles. The molecule has 1 aliphatic rings. The lowest BCUT2D eigenvalue weighted by molar-refractivity contribution is 0.660. The van der Waals surface area contributed by atoms with Gasteiger partial charge in [-0.25, -0.2) is 0 Å². The molecule has 0 fully saturated rings. The molecule has 50 heavy (non-hydrogen) atoms. The average molecular weight is 638 g/mol. The maximum atomic E-state index is 2.49. The number of rotatable bonds is 4. The van der Waals surface area contributed by atoms with Crippen molar-refractivity contribution in [2.45, 2.75) is 19.3 Å². The van der Waals surface area contributed by atoms with Crippen molar-refractivity contribution in [2.24, 2.45) is 0 Å². The Balaban J connectivity index is 1.23. The molecule has 0 radical (unpaired) electrons. The number of hydrogen-bond donors (Lipinski definition) is 0. The van der Waals surface area contributed by atoms with Gasteiger partial charge in [0.1, 0.15) is 0 Å². The van der Waals surface area contributed by atoms with Crippen molar-refractivity contribution in [3.05, 3.63) is 187 Å². The SMILES string of the molecule is CC1(C)c2ccccc2-c2c(N(c3cccc(-c4ccc5ccccc5c4)c3)c3ccc4ccc5c6ccccc6ccc5c4c3)cccc21. The van der Waals surface area contributed by atoms with E-state index in [4.69, 9.17) is 0 Å². The van der Waals surface area contributed by atoms with Crippen LogP contribution in [0.25, 0.3) is 65.3 Å². The topological polar surface area (TPSA) is 3.24 Å². The zero-order valence-corrected chi connectivity index (χ0v) is 28.2. The lowest BCUT2D eigenvalue weighted by atomic mass is 9.82. The van der Waals surface area contributed by atoms with Gasteiger partial charge in [0.2, 0.25) is 0 Å². The lowest BCUT2D eigenvalue weighted by Gasteiger charge is -2.29. The van der Waals surface area contributed by atoms with Gasteiger partial charge in [0.15, 0.2) is 0 Å². The van der Waals surface area contributed by atoms with Crippen LogP contribution in [0.5, 0.6) is 0 Å². The Morgan fingerprint density at radius 3 is 1.88 bits per heavy atom. The van der Waals surface area contributed by atoms with E-state index >= 15 is 0 Å². The van der Waals surface area contributed by atoms with Crippen LogP contribution in [0.1, 0.15) is 25.0 Å². The van der Waals surface area contributed by atoms with Crippen molar-refractivity contribution < 1.29 is 0 Å². The largest absolute Gasteiger partial charge is 0.310 e. The van der Waals surface area contributed by atoms with E-state index in [0.717, 1.165) is 11.4 Å². The van der Waals surface area contributed by atoms with Gasteiger partial charge in [-0.2, -0.15) is 0 Å². The third-order valence-corrected chi connectivity index (χ3v) is 11.0.